The molecule has 0 saturated carbocycles. The molecule has 1 aromatic rings. The topological polar surface area (TPSA) is 46.2 Å². The molecule has 1 N–H and O–H groups in total. The standard InChI is InChI=1S/C13H12BrNO2/c14-10-2-1-9-6-13(4-3-8(9)5-10)7-11(16)15-12(13)17/h1-2,5H,3-4,6-7H2,(H,15,16,17). The summed E-state index contributed by atoms with van der Waals surface area (Å²) in [6.07, 6.45) is 2.68. The number of halogens is 1. The molecule has 1 unspecified atom stereocenters. The second kappa shape index (κ2) is 3.67. The number of nitrogens with one attached hydrogen (secondary N) is 1. The third kappa shape index (κ3) is 1.71. The van der Waals surface area contributed by atoms with Gasteiger partial charge in [0.15, 0.2) is 0 Å². The number of carbonyl (C=O) groups excluding carboxylic acids is 2. The van der Waals surface area contributed by atoms with Gasteiger partial charge in [-0.1, -0.05) is 22.0 Å². The zero-order valence-corrected chi connectivity index (χ0v) is 10.8. The lowest BCUT2D eigenvalue weighted by atomic mass is 9.70. The van der Waals surface area contributed by atoms with E-state index in [4.69, 9.17) is 0 Å². The largest absolute Gasteiger partial charge is 0.296 e. The van der Waals surface area contributed by atoms with Crippen LogP contribution in [0, 0.1) is 5.41 Å². The summed E-state index contributed by atoms with van der Waals surface area (Å²) in [5.41, 5.74) is 2.01. The summed E-state index contributed by atoms with van der Waals surface area (Å²) in [4.78, 5) is 23.3. The first-order valence-electron chi connectivity index (χ1n) is 5.71. The monoisotopic (exact) mass is 293 g/mol. The summed E-state index contributed by atoms with van der Waals surface area (Å²) in [6.45, 7) is 0. The van der Waals surface area contributed by atoms with Crippen molar-refractivity contribution in [3.8, 4) is 0 Å². The Morgan fingerprint density at radius 1 is 1.18 bits per heavy atom. The van der Waals surface area contributed by atoms with Gasteiger partial charge in [0.25, 0.3) is 0 Å². The van der Waals surface area contributed by atoms with Crippen LogP contribution in [0.25, 0.3) is 0 Å². The molecule has 0 bridgehead atoms. The summed E-state index contributed by atoms with van der Waals surface area (Å²) in [7, 11) is 0. The van der Waals surface area contributed by atoms with Gasteiger partial charge in [-0.15, -0.1) is 0 Å². The van der Waals surface area contributed by atoms with Gasteiger partial charge in [0.1, 0.15) is 0 Å². The summed E-state index contributed by atoms with van der Waals surface area (Å²) in [5.74, 6) is -0.216. The van der Waals surface area contributed by atoms with Crippen molar-refractivity contribution in [1.82, 2.24) is 5.32 Å². The van der Waals surface area contributed by atoms with E-state index in [0.717, 1.165) is 17.3 Å². The number of fused-ring (bicyclic) bond motifs is 1. The third-order valence-corrected chi connectivity index (χ3v) is 4.30. The molecule has 1 aromatic carbocycles. The maximum Gasteiger partial charge on any atom is 0.233 e. The molecule has 4 heteroatoms. The SMILES string of the molecule is O=C1CC2(CCc3cc(Br)ccc3C2)C(=O)N1. The molecule has 1 aliphatic carbocycles. The first-order valence-corrected chi connectivity index (χ1v) is 6.50. The van der Waals surface area contributed by atoms with E-state index in [1.54, 1.807) is 0 Å². The van der Waals surface area contributed by atoms with Crippen LogP contribution >= 0.6 is 15.9 Å². The molecule has 1 atom stereocenters. The van der Waals surface area contributed by atoms with Crippen molar-refractivity contribution in [2.75, 3.05) is 0 Å². The number of hydrogen-bond acceptors (Lipinski definition) is 2. The quantitative estimate of drug-likeness (QED) is 0.744. The molecule has 3 rings (SSSR count). The molecule has 0 aromatic heterocycles. The predicted octanol–water partition coefficient (Wildman–Crippen LogP) is 1.97. The minimum atomic E-state index is -0.474. The van der Waals surface area contributed by atoms with Crippen LogP contribution in [0.15, 0.2) is 22.7 Å². The average molecular weight is 294 g/mol. The fourth-order valence-electron chi connectivity index (χ4n) is 2.86. The Labute approximate surface area is 108 Å². The van der Waals surface area contributed by atoms with Gasteiger partial charge in [0, 0.05) is 10.9 Å². The van der Waals surface area contributed by atoms with Gasteiger partial charge in [0.05, 0.1) is 5.41 Å². The molecular formula is C13H12BrNO2. The number of rotatable bonds is 0. The highest BCUT2D eigenvalue weighted by atomic mass is 79.9. The summed E-state index contributed by atoms with van der Waals surface area (Å²) in [6, 6.07) is 6.15. The Morgan fingerprint density at radius 3 is 2.71 bits per heavy atom. The maximum absolute atomic E-state index is 11.9. The Bertz CT molecular complexity index is 526. The summed E-state index contributed by atoms with van der Waals surface area (Å²) < 4.78 is 1.07. The lowest BCUT2D eigenvalue weighted by molar-refractivity contribution is -0.129. The molecule has 1 saturated heterocycles. The molecule has 3 nitrogen and oxygen atoms in total. The highest BCUT2D eigenvalue weighted by Gasteiger charge is 2.48. The molecule has 0 radical (unpaired) electrons. The van der Waals surface area contributed by atoms with E-state index >= 15 is 0 Å². The molecule has 1 spiro atoms. The van der Waals surface area contributed by atoms with Gasteiger partial charge >= 0.3 is 0 Å². The molecular weight excluding hydrogens is 282 g/mol. The van der Waals surface area contributed by atoms with Crippen molar-refractivity contribution in [3.05, 3.63) is 33.8 Å². The zero-order chi connectivity index (χ0) is 12.0. The van der Waals surface area contributed by atoms with Crippen LogP contribution in [-0.4, -0.2) is 11.8 Å². The number of hydrogen-bond donors (Lipinski definition) is 1. The maximum atomic E-state index is 11.9. The van der Waals surface area contributed by atoms with Crippen LogP contribution in [0.3, 0.4) is 0 Å². The average Bonchev–Trinajstić information content (AvgIpc) is 2.54. The number of imide groups is 1. The van der Waals surface area contributed by atoms with E-state index in [9.17, 15) is 9.59 Å². The van der Waals surface area contributed by atoms with Crippen LogP contribution in [0.4, 0.5) is 0 Å². The van der Waals surface area contributed by atoms with Gasteiger partial charge in [-0.25, -0.2) is 0 Å². The van der Waals surface area contributed by atoms with Crippen molar-refractivity contribution < 1.29 is 9.59 Å². The van der Waals surface area contributed by atoms with Gasteiger partial charge < -0.3 is 0 Å². The van der Waals surface area contributed by atoms with E-state index in [1.807, 2.05) is 6.07 Å². The molecule has 1 aliphatic heterocycles. The van der Waals surface area contributed by atoms with Crippen molar-refractivity contribution in [3.63, 3.8) is 0 Å². The van der Waals surface area contributed by atoms with Crippen LogP contribution < -0.4 is 5.32 Å². The van der Waals surface area contributed by atoms with E-state index in [0.29, 0.717) is 12.8 Å². The van der Waals surface area contributed by atoms with Crippen molar-refractivity contribution >= 4 is 27.7 Å². The minimum Gasteiger partial charge on any atom is -0.296 e. The fourth-order valence-corrected chi connectivity index (χ4v) is 3.27. The third-order valence-electron chi connectivity index (χ3n) is 3.80. The molecule has 2 amide bonds. The lowest BCUT2D eigenvalue weighted by Crippen LogP contribution is -2.36. The minimum absolute atomic E-state index is 0.0870. The van der Waals surface area contributed by atoms with Crippen LogP contribution in [-0.2, 0) is 22.4 Å². The Kier molecular flexibility index (Phi) is 2.36. The van der Waals surface area contributed by atoms with Crippen LogP contribution in [0.5, 0.6) is 0 Å². The summed E-state index contributed by atoms with van der Waals surface area (Å²) >= 11 is 3.45. The molecule has 2 aliphatic rings. The number of aryl methyl sites for hydroxylation is 1. The fraction of sp³-hybridized carbons (Fsp3) is 0.385. The smallest absolute Gasteiger partial charge is 0.233 e. The predicted molar refractivity (Wildman–Crippen MR) is 66.4 cm³/mol. The highest BCUT2D eigenvalue weighted by molar-refractivity contribution is 9.10. The molecule has 1 fully saturated rings. The Hall–Kier alpha value is -1.16. The number of benzene rings is 1. The number of carbonyl (C=O) groups is 2. The number of amides is 2. The van der Waals surface area contributed by atoms with Crippen molar-refractivity contribution in [2.24, 2.45) is 5.41 Å². The molecule has 17 heavy (non-hydrogen) atoms. The van der Waals surface area contributed by atoms with E-state index < -0.39 is 5.41 Å². The summed E-state index contributed by atoms with van der Waals surface area (Å²) in [5, 5.41) is 2.43. The van der Waals surface area contributed by atoms with Crippen LogP contribution in [0.1, 0.15) is 24.0 Å². The Balaban J connectivity index is 1.98. The van der Waals surface area contributed by atoms with Gasteiger partial charge in [-0.05, 0) is 42.5 Å². The van der Waals surface area contributed by atoms with Crippen molar-refractivity contribution in [2.45, 2.75) is 25.7 Å². The lowest BCUT2D eigenvalue weighted by Gasteiger charge is -2.31. The molecule has 88 valence electrons. The first kappa shape index (κ1) is 11.0. The van der Waals surface area contributed by atoms with Crippen molar-refractivity contribution in [1.29, 1.82) is 0 Å². The second-order valence-electron chi connectivity index (χ2n) is 4.92. The highest BCUT2D eigenvalue weighted by Crippen LogP contribution is 2.41. The second-order valence-corrected chi connectivity index (χ2v) is 5.84. The first-order chi connectivity index (χ1) is 8.09. The van der Waals surface area contributed by atoms with E-state index in [1.165, 1.54) is 11.1 Å². The zero-order valence-electron chi connectivity index (χ0n) is 9.25. The van der Waals surface area contributed by atoms with E-state index in [2.05, 4.69) is 33.4 Å². The molecule has 1 heterocycles. The normalized spacial score (nSPS) is 27.1. The Morgan fingerprint density at radius 2 is 2.00 bits per heavy atom. The van der Waals surface area contributed by atoms with Gasteiger partial charge in [-0.2, -0.15) is 0 Å². The van der Waals surface area contributed by atoms with Gasteiger partial charge in [0.2, 0.25) is 11.8 Å². The van der Waals surface area contributed by atoms with Gasteiger partial charge in [-0.3, -0.25) is 14.9 Å². The van der Waals surface area contributed by atoms with Crippen LogP contribution in [0.2, 0.25) is 0 Å². The van der Waals surface area contributed by atoms with E-state index in [-0.39, 0.29) is 11.8 Å².